The number of carbonyl (C=O) groups is 2. The molecule has 2 bridgehead atoms. The average Bonchev–Trinajstić information content (AvgIpc) is 3.20. The molecule has 2 N–H and O–H groups in total. The van der Waals surface area contributed by atoms with Crippen LogP contribution in [0.3, 0.4) is 0 Å². The minimum atomic E-state index is -1.76. The lowest BCUT2D eigenvalue weighted by Crippen LogP contribution is -2.79. The van der Waals surface area contributed by atoms with Crippen LogP contribution in [0.15, 0.2) is 41.5 Å². The lowest BCUT2D eigenvalue weighted by molar-refractivity contribution is -0.346. The van der Waals surface area contributed by atoms with Crippen molar-refractivity contribution in [2.75, 3.05) is 6.61 Å². The van der Waals surface area contributed by atoms with E-state index < -0.39 is 76.2 Å². The highest BCUT2D eigenvalue weighted by Crippen LogP contribution is 2.67. The fraction of sp³-hybridized carbons (Fsp3) is 0.688. The summed E-state index contributed by atoms with van der Waals surface area (Å²) in [4.78, 5) is 26.5. The number of aliphatic hydroxyl groups excluding tert-OH is 1. The Morgan fingerprint density at radius 1 is 1.05 bits per heavy atom. The molecule has 0 amide bonds. The van der Waals surface area contributed by atoms with Crippen LogP contribution in [0.1, 0.15) is 78.1 Å². The van der Waals surface area contributed by atoms with Gasteiger partial charge in [0.05, 0.1) is 30.3 Å². The maximum atomic E-state index is 13.8. The van der Waals surface area contributed by atoms with E-state index in [1.54, 1.807) is 24.3 Å². The fourth-order valence-electron chi connectivity index (χ4n) is 8.80. The third-order valence-corrected chi connectivity index (χ3v) is 10.8. The SMILES string of the molecule is CC(=O)O[C@@]12CO[C@@H]1CC[C@@]1(C)[C@H]3OC(C)(C)O[C@@H]3C3=C(C)[C@@H](O)C[C@@](O)([C@@H](OC(=O)c4ccccc4)[C@@H]12)C3(C)C. The van der Waals surface area contributed by atoms with E-state index in [1.165, 1.54) is 6.92 Å². The second kappa shape index (κ2) is 9.10. The predicted molar refractivity (Wildman–Crippen MR) is 147 cm³/mol. The third kappa shape index (κ3) is 3.92. The summed E-state index contributed by atoms with van der Waals surface area (Å²) in [6.45, 7) is 12.9. The first-order chi connectivity index (χ1) is 19.1. The second-order valence-electron chi connectivity index (χ2n) is 13.9. The number of rotatable bonds is 3. The molecule has 1 aromatic carbocycles. The van der Waals surface area contributed by atoms with E-state index in [9.17, 15) is 19.8 Å². The minimum absolute atomic E-state index is 0.0715. The van der Waals surface area contributed by atoms with Crippen LogP contribution in [-0.2, 0) is 28.5 Å². The van der Waals surface area contributed by atoms with Gasteiger partial charge in [-0.15, -0.1) is 0 Å². The van der Waals surface area contributed by atoms with Gasteiger partial charge in [-0.25, -0.2) is 4.79 Å². The van der Waals surface area contributed by atoms with Crippen molar-refractivity contribution in [2.24, 2.45) is 16.7 Å². The largest absolute Gasteiger partial charge is 0.455 e. The third-order valence-electron chi connectivity index (χ3n) is 10.8. The Balaban J connectivity index is 1.63. The van der Waals surface area contributed by atoms with Crippen molar-refractivity contribution in [3.8, 4) is 0 Å². The number of fused-ring (bicyclic) bond motifs is 8. The number of esters is 2. The molecule has 2 saturated heterocycles. The van der Waals surface area contributed by atoms with Crippen LogP contribution in [-0.4, -0.2) is 76.3 Å². The zero-order chi connectivity index (χ0) is 29.8. The fourth-order valence-corrected chi connectivity index (χ4v) is 8.80. The molecule has 4 fully saturated rings. The van der Waals surface area contributed by atoms with Gasteiger partial charge in [0.15, 0.2) is 11.4 Å². The summed E-state index contributed by atoms with van der Waals surface area (Å²) >= 11 is 0. The normalized spacial score (nSPS) is 43.8. The van der Waals surface area contributed by atoms with Crippen molar-refractivity contribution in [1.29, 1.82) is 0 Å². The van der Waals surface area contributed by atoms with Crippen LogP contribution in [0.4, 0.5) is 0 Å². The average molecular weight is 571 g/mol. The maximum Gasteiger partial charge on any atom is 0.338 e. The van der Waals surface area contributed by atoms with E-state index in [0.717, 1.165) is 11.1 Å². The molecule has 0 spiro atoms. The van der Waals surface area contributed by atoms with Gasteiger partial charge < -0.3 is 33.9 Å². The highest BCUT2D eigenvalue weighted by molar-refractivity contribution is 5.89. The molecular formula is C32H42O9. The Kier molecular flexibility index (Phi) is 6.39. The van der Waals surface area contributed by atoms with Crippen molar-refractivity contribution in [2.45, 2.75) is 115 Å². The highest BCUT2D eigenvalue weighted by atomic mass is 16.8. The van der Waals surface area contributed by atoms with Crippen LogP contribution in [0.5, 0.6) is 0 Å². The van der Waals surface area contributed by atoms with Gasteiger partial charge in [0.2, 0.25) is 0 Å². The quantitative estimate of drug-likeness (QED) is 0.414. The number of hydrogen-bond acceptors (Lipinski definition) is 9. The van der Waals surface area contributed by atoms with Gasteiger partial charge >= 0.3 is 11.9 Å². The standard InChI is InChI=1S/C32H42O9/c1-17-20(34)15-32(36)26(38-27(35)19-11-9-8-10-12-19)24-30(7,14-13-21-31(24,16-37-21)39-18(2)33)25-23(22(17)28(32,3)4)40-29(5,6)41-25/h8-12,20-21,23-26,34,36H,13-16H2,1-7H3/t20-,21+,23+,24-,25-,26-,30+,31-,32+/m0/s1. The molecule has 9 nitrogen and oxygen atoms in total. The monoisotopic (exact) mass is 570 g/mol. The van der Waals surface area contributed by atoms with Crippen molar-refractivity contribution in [3.63, 3.8) is 0 Å². The van der Waals surface area contributed by atoms with Gasteiger partial charge in [0.1, 0.15) is 23.9 Å². The van der Waals surface area contributed by atoms with Crippen molar-refractivity contribution >= 4 is 11.9 Å². The molecule has 2 heterocycles. The summed E-state index contributed by atoms with van der Waals surface area (Å²) in [7, 11) is 0. The van der Waals surface area contributed by atoms with Gasteiger partial charge in [-0.2, -0.15) is 0 Å². The molecule has 2 saturated carbocycles. The zero-order valence-corrected chi connectivity index (χ0v) is 24.9. The Morgan fingerprint density at radius 2 is 1.73 bits per heavy atom. The van der Waals surface area contributed by atoms with E-state index in [1.807, 2.05) is 40.7 Å². The van der Waals surface area contributed by atoms with Crippen molar-refractivity contribution < 1.29 is 43.5 Å². The lowest BCUT2D eigenvalue weighted by Gasteiger charge is -2.68. The van der Waals surface area contributed by atoms with E-state index >= 15 is 0 Å². The zero-order valence-electron chi connectivity index (χ0n) is 24.9. The molecule has 0 radical (unpaired) electrons. The molecule has 0 aromatic heterocycles. The Hall–Kier alpha value is -2.30. The summed E-state index contributed by atoms with van der Waals surface area (Å²) in [5.74, 6) is -2.79. The number of ether oxygens (including phenoxy) is 5. The van der Waals surface area contributed by atoms with Crippen LogP contribution >= 0.6 is 0 Å². The Labute approximate surface area is 241 Å². The molecule has 0 unspecified atom stereocenters. The summed E-state index contributed by atoms with van der Waals surface area (Å²) < 4.78 is 32.0. The molecule has 1 aromatic rings. The second-order valence-corrected chi connectivity index (χ2v) is 13.9. The van der Waals surface area contributed by atoms with Crippen molar-refractivity contribution in [3.05, 3.63) is 47.0 Å². The van der Waals surface area contributed by atoms with Crippen LogP contribution < -0.4 is 0 Å². The molecule has 3 aliphatic carbocycles. The Morgan fingerprint density at radius 3 is 2.34 bits per heavy atom. The Bertz CT molecular complexity index is 1290. The smallest absolute Gasteiger partial charge is 0.338 e. The first kappa shape index (κ1) is 28.8. The van der Waals surface area contributed by atoms with E-state index in [0.29, 0.717) is 18.4 Å². The topological polar surface area (TPSA) is 121 Å². The molecule has 9 heteroatoms. The van der Waals surface area contributed by atoms with E-state index in [4.69, 9.17) is 23.7 Å². The van der Waals surface area contributed by atoms with Crippen LogP contribution in [0, 0.1) is 16.7 Å². The first-order valence-corrected chi connectivity index (χ1v) is 14.6. The van der Waals surface area contributed by atoms with Crippen LogP contribution in [0.2, 0.25) is 0 Å². The number of benzene rings is 1. The van der Waals surface area contributed by atoms with Gasteiger partial charge in [-0.1, -0.05) is 39.0 Å². The number of hydrogen-bond donors (Lipinski definition) is 2. The van der Waals surface area contributed by atoms with Crippen molar-refractivity contribution in [1.82, 2.24) is 0 Å². The summed E-state index contributed by atoms with van der Waals surface area (Å²) in [5.41, 5.74) is -2.94. The summed E-state index contributed by atoms with van der Waals surface area (Å²) in [6.07, 6.45) is -2.66. The van der Waals surface area contributed by atoms with E-state index in [-0.39, 0.29) is 13.0 Å². The highest BCUT2D eigenvalue weighted by Gasteiger charge is 2.77. The predicted octanol–water partition coefficient (Wildman–Crippen LogP) is 3.70. The molecule has 6 rings (SSSR count). The molecule has 5 aliphatic rings. The number of carbonyl (C=O) groups excluding carboxylic acids is 2. The molecule has 224 valence electrons. The minimum Gasteiger partial charge on any atom is -0.455 e. The molecule has 9 atom stereocenters. The first-order valence-electron chi connectivity index (χ1n) is 14.6. The van der Waals surface area contributed by atoms with Gasteiger partial charge in [0, 0.05) is 24.2 Å². The summed E-state index contributed by atoms with van der Waals surface area (Å²) in [6, 6.07) is 8.63. The molecular weight excluding hydrogens is 528 g/mol. The summed E-state index contributed by atoms with van der Waals surface area (Å²) in [5, 5.41) is 24.5. The molecule has 2 aliphatic heterocycles. The number of aliphatic hydroxyl groups is 2. The van der Waals surface area contributed by atoms with Gasteiger partial charge in [-0.3, -0.25) is 4.79 Å². The lowest BCUT2D eigenvalue weighted by atomic mass is 9.45. The van der Waals surface area contributed by atoms with E-state index in [2.05, 4.69) is 6.92 Å². The maximum absolute atomic E-state index is 13.8. The van der Waals surface area contributed by atoms with Gasteiger partial charge in [-0.05, 0) is 56.9 Å². The van der Waals surface area contributed by atoms with Crippen LogP contribution in [0.25, 0.3) is 0 Å². The van der Waals surface area contributed by atoms with Gasteiger partial charge in [0.25, 0.3) is 0 Å². The molecule has 41 heavy (non-hydrogen) atoms.